The number of hydrogen-bond acceptors (Lipinski definition) is 7. The molecule has 4 rings (SSSR count). The van der Waals surface area contributed by atoms with Crippen molar-refractivity contribution in [1.82, 2.24) is 14.4 Å². The smallest absolute Gasteiger partial charge is 0.376 e. The average molecular weight is 525 g/mol. The van der Waals surface area contributed by atoms with Gasteiger partial charge in [-0.15, -0.1) is 0 Å². The highest BCUT2D eigenvalue weighted by Gasteiger charge is 2.39. The topological polar surface area (TPSA) is 148 Å². The highest BCUT2D eigenvalue weighted by Crippen LogP contribution is 2.29. The minimum absolute atomic E-state index is 0.0598. The maximum atomic E-state index is 13.7. The second-order valence-electron chi connectivity index (χ2n) is 10.3. The third kappa shape index (κ3) is 5.76. The van der Waals surface area contributed by atoms with E-state index in [-0.39, 0.29) is 37.0 Å². The zero-order valence-electron chi connectivity index (χ0n) is 22.4. The van der Waals surface area contributed by atoms with Gasteiger partial charge in [-0.1, -0.05) is 12.1 Å². The van der Waals surface area contributed by atoms with Gasteiger partial charge in [0, 0.05) is 42.5 Å². The summed E-state index contributed by atoms with van der Waals surface area (Å²) in [5.41, 5.74) is 14.7. The molecule has 0 saturated carbocycles. The lowest BCUT2D eigenvalue weighted by molar-refractivity contribution is -0.154. The molecule has 2 fully saturated rings. The van der Waals surface area contributed by atoms with Crippen molar-refractivity contribution in [1.29, 1.82) is 5.41 Å². The van der Waals surface area contributed by atoms with Gasteiger partial charge in [0.05, 0.1) is 18.7 Å². The lowest BCUT2D eigenvalue weighted by atomic mass is 10.1. The van der Waals surface area contributed by atoms with Gasteiger partial charge in [-0.3, -0.25) is 19.9 Å². The Morgan fingerprint density at radius 1 is 1.13 bits per heavy atom. The number of nitrogens with two attached hydrogens (primary N) is 2. The monoisotopic (exact) mass is 524 g/mol. The summed E-state index contributed by atoms with van der Waals surface area (Å²) in [4.78, 5) is 41.7. The molecule has 0 spiro atoms. The molecule has 3 atom stereocenters. The van der Waals surface area contributed by atoms with Crippen molar-refractivity contribution >= 4 is 34.4 Å². The highest BCUT2D eigenvalue weighted by atomic mass is 16.5. The zero-order valence-corrected chi connectivity index (χ0v) is 22.4. The van der Waals surface area contributed by atoms with Crippen LogP contribution in [0.3, 0.4) is 0 Å². The number of nitrogens with one attached hydrogen (secondary N) is 1. The summed E-state index contributed by atoms with van der Waals surface area (Å²) in [5.74, 6) is -1.50. The predicted molar refractivity (Wildman–Crippen MR) is 146 cm³/mol. The number of amidine groups is 1. The van der Waals surface area contributed by atoms with Crippen molar-refractivity contribution in [3.05, 3.63) is 35.5 Å². The van der Waals surface area contributed by atoms with Gasteiger partial charge in [-0.2, -0.15) is 0 Å². The first-order valence-corrected chi connectivity index (χ1v) is 13.7. The predicted octanol–water partition coefficient (Wildman–Crippen LogP) is 1.79. The number of benzene rings is 1. The molecule has 2 aliphatic heterocycles. The van der Waals surface area contributed by atoms with Crippen molar-refractivity contribution in [2.24, 2.45) is 11.5 Å². The number of ketones is 1. The molecule has 1 amide bonds. The molecule has 206 valence electrons. The molecular weight excluding hydrogens is 484 g/mol. The van der Waals surface area contributed by atoms with Gasteiger partial charge in [0.15, 0.2) is 0 Å². The Hall–Kier alpha value is -3.24. The standard InChI is InChI=1S/C28H40N6O4/c1-3-33-21(15-18-9-10-19(26(30)31)16-24(18)33)12-11-20-7-5-14-34(20)27(36)23-8-6-13-32(23)17-22(29)25(35)28(37)38-4-2/h9-10,15-16,20,22-23H,3-8,11-14,17,29H2,1-2H3,(H3,30,31)/t20-,22-,23+/m0/s1. The normalized spacial score (nSPS) is 20.7. The number of nitrogens with zero attached hydrogens (tertiary/aromatic N) is 3. The first-order valence-electron chi connectivity index (χ1n) is 13.7. The van der Waals surface area contributed by atoms with Gasteiger partial charge in [-0.05, 0) is 76.4 Å². The van der Waals surface area contributed by atoms with E-state index in [1.165, 1.54) is 5.69 Å². The Balaban J connectivity index is 1.41. The number of carbonyl (C=O) groups excluding carboxylic acids is 3. The van der Waals surface area contributed by atoms with Gasteiger partial charge in [0.25, 0.3) is 5.78 Å². The van der Waals surface area contributed by atoms with Crippen molar-refractivity contribution < 1.29 is 19.1 Å². The van der Waals surface area contributed by atoms with E-state index in [1.807, 2.05) is 28.0 Å². The first kappa shape index (κ1) is 27.8. The molecule has 0 bridgehead atoms. The maximum absolute atomic E-state index is 13.7. The second-order valence-corrected chi connectivity index (χ2v) is 10.3. The number of likely N-dealkylation sites (tertiary alicyclic amines) is 2. The van der Waals surface area contributed by atoms with Crippen LogP contribution in [0.5, 0.6) is 0 Å². The Morgan fingerprint density at radius 3 is 2.61 bits per heavy atom. The number of hydrogen-bond donors (Lipinski definition) is 3. The maximum Gasteiger partial charge on any atom is 0.376 e. The highest BCUT2D eigenvalue weighted by molar-refractivity contribution is 6.35. The molecule has 3 heterocycles. The molecule has 2 aromatic rings. The lowest BCUT2D eigenvalue weighted by Crippen LogP contribution is -2.52. The van der Waals surface area contributed by atoms with E-state index in [2.05, 4.69) is 17.6 Å². The third-order valence-corrected chi connectivity index (χ3v) is 7.90. The SMILES string of the molecule is CCOC(=O)C(=O)[C@@H](N)CN1CCC[C@@H]1C(=O)N1CCC[C@H]1CCc1cc2ccc(C(=N)N)cc2n1CC. The quantitative estimate of drug-likeness (QED) is 0.176. The van der Waals surface area contributed by atoms with Crippen LogP contribution in [0.25, 0.3) is 10.9 Å². The molecule has 10 heteroatoms. The molecule has 38 heavy (non-hydrogen) atoms. The Kier molecular flexibility index (Phi) is 8.83. The van der Waals surface area contributed by atoms with Crippen molar-refractivity contribution in [3.63, 3.8) is 0 Å². The van der Waals surface area contributed by atoms with Crippen LogP contribution in [0, 0.1) is 5.41 Å². The average Bonchev–Trinajstić information content (AvgIpc) is 3.64. The number of amides is 1. The van der Waals surface area contributed by atoms with E-state index >= 15 is 0 Å². The van der Waals surface area contributed by atoms with Gasteiger partial charge in [0.1, 0.15) is 5.84 Å². The van der Waals surface area contributed by atoms with Crippen LogP contribution in [0.15, 0.2) is 24.3 Å². The van der Waals surface area contributed by atoms with Crippen molar-refractivity contribution in [3.8, 4) is 0 Å². The summed E-state index contributed by atoms with van der Waals surface area (Å²) in [6.45, 7) is 6.28. The van der Waals surface area contributed by atoms with E-state index in [1.54, 1.807) is 6.92 Å². The fourth-order valence-corrected chi connectivity index (χ4v) is 6.01. The first-order chi connectivity index (χ1) is 18.2. The summed E-state index contributed by atoms with van der Waals surface area (Å²) < 4.78 is 7.06. The second kappa shape index (κ2) is 12.1. The number of nitrogen functional groups attached to an aromatic ring is 1. The zero-order chi connectivity index (χ0) is 27.4. The molecule has 0 aliphatic carbocycles. The minimum atomic E-state index is -1.00. The molecule has 10 nitrogen and oxygen atoms in total. The van der Waals surface area contributed by atoms with Crippen LogP contribution in [0.4, 0.5) is 0 Å². The number of fused-ring (bicyclic) bond motifs is 1. The Bertz CT molecular complexity index is 1210. The number of carbonyl (C=O) groups is 3. The number of aromatic nitrogens is 1. The molecule has 2 saturated heterocycles. The minimum Gasteiger partial charge on any atom is -0.460 e. The Labute approximate surface area is 223 Å². The fraction of sp³-hybridized carbons (Fsp3) is 0.571. The van der Waals surface area contributed by atoms with Crippen LogP contribution in [-0.2, 0) is 32.1 Å². The number of rotatable bonds is 11. The number of Topliss-reactive ketones (excluding diaryl/α,β-unsaturated/α-hetero) is 1. The summed E-state index contributed by atoms with van der Waals surface area (Å²) in [5, 5.41) is 8.89. The van der Waals surface area contributed by atoms with Crippen LogP contribution < -0.4 is 11.5 Å². The summed E-state index contributed by atoms with van der Waals surface area (Å²) >= 11 is 0. The van der Waals surface area contributed by atoms with Gasteiger partial charge < -0.3 is 25.7 Å². The van der Waals surface area contributed by atoms with Gasteiger partial charge in [-0.25, -0.2) is 4.79 Å². The molecular formula is C28H40N6O4. The van der Waals surface area contributed by atoms with Gasteiger partial charge in [0.2, 0.25) is 5.91 Å². The summed E-state index contributed by atoms with van der Waals surface area (Å²) in [6, 6.07) is 6.91. The van der Waals surface area contributed by atoms with Crippen LogP contribution in [-0.4, -0.2) is 82.2 Å². The largest absolute Gasteiger partial charge is 0.460 e. The lowest BCUT2D eigenvalue weighted by Gasteiger charge is -2.32. The number of aryl methyl sites for hydroxylation is 2. The number of esters is 1. The Morgan fingerprint density at radius 2 is 1.89 bits per heavy atom. The van der Waals surface area contributed by atoms with Crippen LogP contribution in [0.1, 0.15) is 57.2 Å². The van der Waals surface area contributed by atoms with E-state index in [0.717, 1.165) is 62.5 Å². The summed E-state index contributed by atoms with van der Waals surface area (Å²) in [6.07, 6.45) is 5.25. The molecule has 1 aromatic carbocycles. The summed E-state index contributed by atoms with van der Waals surface area (Å²) in [7, 11) is 0. The molecule has 0 radical (unpaired) electrons. The van der Waals surface area contributed by atoms with E-state index in [4.69, 9.17) is 21.6 Å². The van der Waals surface area contributed by atoms with Crippen LogP contribution in [0.2, 0.25) is 0 Å². The van der Waals surface area contributed by atoms with E-state index in [9.17, 15) is 14.4 Å². The fourth-order valence-electron chi connectivity index (χ4n) is 6.01. The molecule has 5 N–H and O–H groups in total. The molecule has 0 unspecified atom stereocenters. The van der Waals surface area contributed by atoms with E-state index in [0.29, 0.717) is 12.1 Å². The van der Waals surface area contributed by atoms with Crippen molar-refractivity contribution in [2.75, 3.05) is 26.2 Å². The van der Waals surface area contributed by atoms with E-state index < -0.39 is 17.8 Å². The van der Waals surface area contributed by atoms with Crippen molar-refractivity contribution in [2.45, 2.75) is 77.0 Å². The molecule has 2 aliphatic rings. The van der Waals surface area contributed by atoms with Gasteiger partial charge >= 0.3 is 5.97 Å². The molecule has 1 aromatic heterocycles. The van der Waals surface area contributed by atoms with Crippen LogP contribution >= 0.6 is 0 Å². The number of ether oxygens (including phenoxy) is 1. The third-order valence-electron chi connectivity index (χ3n) is 7.90.